The van der Waals surface area contributed by atoms with E-state index in [-0.39, 0.29) is 6.54 Å². The van der Waals surface area contributed by atoms with Crippen LogP contribution >= 0.6 is 23.4 Å². The van der Waals surface area contributed by atoms with Gasteiger partial charge in [-0.3, -0.25) is 4.57 Å². The molecule has 0 saturated carbocycles. The average Bonchev–Trinajstić information content (AvgIpc) is 3.13. The van der Waals surface area contributed by atoms with Crippen LogP contribution in [-0.2, 0) is 11.3 Å². The molecule has 0 fully saturated rings. The first-order valence-electron chi connectivity index (χ1n) is 9.15. The molecule has 3 rings (SSSR count). The summed E-state index contributed by atoms with van der Waals surface area (Å²) in [5.41, 5.74) is 1.89. The first-order valence-corrected chi connectivity index (χ1v) is 10.5. The third kappa shape index (κ3) is 7.18. The summed E-state index contributed by atoms with van der Waals surface area (Å²) in [6, 6.07) is 17.0. The van der Waals surface area contributed by atoms with E-state index in [0.717, 1.165) is 11.1 Å². The lowest BCUT2D eigenvalue weighted by atomic mass is 10.2. The van der Waals surface area contributed by atoms with E-state index in [1.165, 1.54) is 11.8 Å². The number of nitrogens with one attached hydrogen (secondary N) is 1. The lowest BCUT2D eigenvalue weighted by Crippen LogP contribution is -2.30. The summed E-state index contributed by atoms with van der Waals surface area (Å²) in [5.74, 6) is 1.02. The van der Waals surface area contributed by atoms with Crippen LogP contribution in [0.3, 0.4) is 0 Å². The average molecular weight is 471 g/mol. The molecule has 0 saturated heterocycles. The second kappa shape index (κ2) is 10.5. The minimum absolute atomic E-state index is 0.107. The molecule has 2 aromatic carbocycles. The summed E-state index contributed by atoms with van der Waals surface area (Å²) in [7, 11) is 0. The zero-order chi connectivity index (χ0) is 22.3. The van der Waals surface area contributed by atoms with E-state index in [2.05, 4.69) is 20.3 Å². The van der Waals surface area contributed by atoms with Gasteiger partial charge in [0.1, 0.15) is 0 Å². The monoisotopic (exact) mass is 470 g/mol. The molecule has 0 radical (unpaired) electrons. The Hall–Kier alpha value is -2.72. The van der Waals surface area contributed by atoms with E-state index in [9.17, 15) is 18.0 Å². The van der Waals surface area contributed by atoms with Gasteiger partial charge in [-0.2, -0.15) is 13.2 Å². The second-order valence-electron chi connectivity index (χ2n) is 6.35. The van der Waals surface area contributed by atoms with Crippen molar-refractivity contribution in [3.8, 4) is 11.4 Å². The van der Waals surface area contributed by atoms with Crippen LogP contribution < -0.4 is 5.32 Å². The number of halogens is 4. The van der Waals surface area contributed by atoms with Gasteiger partial charge in [-0.15, -0.1) is 10.2 Å². The lowest BCUT2D eigenvalue weighted by molar-refractivity contribution is -0.160. The summed E-state index contributed by atoms with van der Waals surface area (Å²) in [4.78, 5) is 11.3. The van der Waals surface area contributed by atoms with Gasteiger partial charge in [0.25, 0.3) is 0 Å². The molecule has 31 heavy (non-hydrogen) atoms. The fourth-order valence-electron chi connectivity index (χ4n) is 2.61. The molecule has 1 aromatic heterocycles. The standard InChI is InChI=1S/C20H18ClF3N4O2S/c21-16-8-6-15(7-9-16)17-26-27-18(28(17)12-14-4-2-1-3-5-14)31-11-10-25-19(29)30-13-20(22,23)24/h1-9H,10-13H2,(H,25,29). The Balaban J connectivity index is 1.67. The number of carbonyl (C=O) groups excluding carboxylic acids is 1. The Kier molecular flexibility index (Phi) is 7.80. The largest absolute Gasteiger partial charge is 0.440 e. The maximum absolute atomic E-state index is 12.1. The predicted molar refractivity (Wildman–Crippen MR) is 112 cm³/mol. The number of thioether (sulfide) groups is 1. The number of aromatic nitrogens is 3. The molecule has 0 atom stereocenters. The van der Waals surface area contributed by atoms with Crippen LogP contribution in [0.4, 0.5) is 18.0 Å². The van der Waals surface area contributed by atoms with E-state index in [4.69, 9.17) is 11.6 Å². The van der Waals surface area contributed by atoms with Gasteiger partial charge in [0, 0.05) is 22.9 Å². The Morgan fingerprint density at radius 3 is 2.48 bits per heavy atom. The van der Waals surface area contributed by atoms with E-state index >= 15 is 0 Å². The highest BCUT2D eigenvalue weighted by Gasteiger charge is 2.29. The van der Waals surface area contributed by atoms with E-state index in [0.29, 0.717) is 28.3 Å². The molecular weight excluding hydrogens is 453 g/mol. The molecule has 0 bridgehead atoms. The molecule has 0 aliphatic rings. The van der Waals surface area contributed by atoms with Crippen molar-refractivity contribution in [1.29, 1.82) is 0 Å². The number of rotatable bonds is 8. The molecule has 0 aliphatic carbocycles. The summed E-state index contributed by atoms with van der Waals surface area (Å²) in [6.45, 7) is -0.993. The maximum Gasteiger partial charge on any atom is 0.422 e. The van der Waals surface area contributed by atoms with Crippen molar-refractivity contribution in [1.82, 2.24) is 20.1 Å². The molecule has 164 valence electrons. The van der Waals surface area contributed by atoms with Crippen molar-refractivity contribution in [2.75, 3.05) is 18.9 Å². The van der Waals surface area contributed by atoms with Gasteiger partial charge in [-0.1, -0.05) is 53.7 Å². The van der Waals surface area contributed by atoms with Gasteiger partial charge >= 0.3 is 12.3 Å². The van der Waals surface area contributed by atoms with Gasteiger partial charge in [-0.05, 0) is 29.8 Å². The fourth-order valence-corrected chi connectivity index (χ4v) is 3.53. The number of amides is 1. The Bertz CT molecular complexity index is 998. The van der Waals surface area contributed by atoms with Crippen molar-refractivity contribution in [3.05, 3.63) is 65.2 Å². The molecule has 0 spiro atoms. The molecule has 0 aliphatic heterocycles. The van der Waals surface area contributed by atoms with Crippen LogP contribution in [0, 0.1) is 0 Å². The smallest absolute Gasteiger partial charge is 0.422 e. The highest BCUT2D eigenvalue weighted by Crippen LogP contribution is 2.26. The van der Waals surface area contributed by atoms with E-state index in [1.807, 2.05) is 47.0 Å². The number of alkyl carbamates (subject to hydrolysis) is 1. The van der Waals surface area contributed by atoms with Gasteiger partial charge < -0.3 is 10.1 Å². The van der Waals surface area contributed by atoms with Crippen LogP contribution in [0.5, 0.6) is 0 Å². The van der Waals surface area contributed by atoms with Crippen LogP contribution in [0.1, 0.15) is 5.56 Å². The highest BCUT2D eigenvalue weighted by molar-refractivity contribution is 7.99. The number of hydrogen-bond acceptors (Lipinski definition) is 5. The number of carbonyl (C=O) groups is 1. The molecule has 1 N–H and O–H groups in total. The number of hydrogen-bond donors (Lipinski definition) is 1. The Morgan fingerprint density at radius 1 is 1.10 bits per heavy atom. The molecule has 0 unspecified atom stereocenters. The second-order valence-corrected chi connectivity index (χ2v) is 7.85. The predicted octanol–water partition coefficient (Wildman–Crippen LogP) is 5.03. The van der Waals surface area contributed by atoms with Crippen molar-refractivity contribution in [2.24, 2.45) is 0 Å². The summed E-state index contributed by atoms with van der Waals surface area (Å²) in [5, 5.41) is 12.0. The number of alkyl halides is 3. The van der Waals surface area contributed by atoms with Crippen molar-refractivity contribution < 1.29 is 22.7 Å². The number of ether oxygens (including phenoxy) is 1. The van der Waals surface area contributed by atoms with Crippen LogP contribution in [-0.4, -0.2) is 45.9 Å². The Labute approximate surface area is 185 Å². The van der Waals surface area contributed by atoms with Crippen molar-refractivity contribution >= 4 is 29.5 Å². The van der Waals surface area contributed by atoms with Gasteiger partial charge in [0.05, 0.1) is 6.54 Å². The molecular formula is C20H18ClF3N4O2S. The van der Waals surface area contributed by atoms with Crippen LogP contribution in [0.2, 0.25) is 5.02 Å². The van der Waals surface area contributed by atoms with E-state index < -0.39 is 18.9 Å². The topological polar surface area (TPSA) is 69.0 Å². The van der Waals surface area contributed by atoms with Gasteiger partial charge in [0.2, 0.25) is 0 Å². The molecule has 11 heteroatoms. The summed E-state index contributed by atoms with van der Waals surface area (Å²) >= 11 is 7.30. The first kappa shape index (κ1) is 23.0. The minimum Gasteiger partial charge on any atom is -0.440 e. The Morgan fingerprint density at radius 2 is 1.81 bits per heavy atom. The van der Waals surface area contributed by atoms with Crippen LogP contribution in [0.25, 0.3) is 11.4 Å². The molecule has 6 nitrogen and oxygen atoms in total. The minimum atomic E-state index is -4.56. The molecule has 3 aromatic rings. The zero-order valence-electron chi connectivity index (χ0n) is 16.1. The third-order valence-corrected chi connectivity index (χ3v) is 5.19. The van der Waals surface area contributed by atoms with Crippen LogP contribution in [0.15, 0.2) is 59.8 Å². The summed E-state index contributed by atoms with van der Waals surface area (Å²) in [6.07, 6.45) is -5.68. The molecule has 1 heterocycles. The van der Waals surface area contributed by atoms with Gasteiger partial charge in [-0.25, -0.2) is 4.79 Å². The zero-order valence-corrected chi connectivity index (χ0v) is 17.7. The normalized spacial score (nSPS) is 11.4. The molecule has 1 amide bonds. The maximum atomic E-state index is 12.1. The third-order valence-electron chi connectivity index (χ3n) is 3.97. The van der Waals surface area contributed by atoms with Gasteiger partial charge in [0.15, 0.2) is 17.6 Å². The first-order chi connectivity index (χ1) is 14.8. The van der Waals surface area contributed by atoms with E-state index in [1.54, 1.807) is 12.1 Å². The highest BCUT2D eigenvalue weighted by atomic mass is 35.5. The lowest BCUT2D eigenvalue weighted by Gasteiger charge is -2.11. The number of nitrogens with zero attached hydrogens (tertiary/aromatic N) is 3. The SMILES string of the molecule is O=C(NCCSc1nnc(-c2ccc(Cl)cc2)n1Cc1ccccc1)OCC(F)(F)F. The summed E-state index contributed by atoms with van der Waals surface area (Å²) < 4.78 is 42.3. The van der Waals surface area contributed by atoms with Crippen molar-refractivity contribution in [3.63, 3.8) is 0 Å². The quantitative estimate of drug-likeness (QED) is 0.369. The fraction of sp³-hybridized carbons (Fsp3) is 0.250. The number of benzene rings is 2. The van der Waals surface area contributed by atoms with Crippen molar-refractivity contribution in [2.45, 2.75) is 17.9 Å².